The summed E-state index contributed by atoms with van der Waals surface area (Å²) in [5.41, 5.74) is 1.01. The van der Waals surface area contributed by atoms with Crippen LogP contribution in [0.3, 0.4) is 0 Å². The van der Waals surface area contributed by atoms with Crippen molar-refractivity contribution in [3.8, 4) is 11.5 Å². The molecule has 128 valence electrons. The third-order valence-corrected chi connectivity index (χ3v) is 5.23. The maximum Gasteiger partial charge on any atom is 0.231 e. The van der Waals surface area contributed by atoms with E-state index in [9.17, 15) is 4.79 Å². The van der Waals surface area contributed by atoms with Gasteiger partial charge in [0.1, 0.15) is 5.76 Å². The molecule has 4 rings (SSSR count). The molecule has 25 heavy (non-hydrogen) atoms. The number of ether oxygens (including phenoxy) is 2. The molecule has 3 aromatic rings. The Morgan fingerprint density at radius 3 is 2.68 bits per heavy atom. The van der Waals surface area contributed by atoms with Gasteiger partial charge in [-0.25, -0.2) is 0 Å². The van der Waals surface area contributed by atoms with E-state index >= 15 is 0 Å². The van der Waals surface area contributed by atoms with Gasteiger partial charge in [0.15, 0.2) is 23.0 Å². The molecule has 1 aromatic carbocycles. The van der Waals surface area contributed by atoms with Gasteiger partial charge >= 0.3 is 0 Å². The number of carbonyl (C=O) groups is 1. The molecule has 0 radical (unpaired) electrons. The summed E-state index contributed by atoms with van der Waals surface area (Å²) in [5, 5.41) is -0.0443. The number of furan rings is 2. The van der Waals surface area contributed by atoms with Crippen LogP contribution >= 0.6 is 11.8 Å². The molecule has 5 nitrogen and oxygen atoms in total. The van der Waals surface area contributed by atoms with E-state index in [1.807, 2.05) is 30.3 Å². The first-order chi connectivity index (χ1) is 12.3. The van der Waals surface area contributed by atoms with Crippen molar-refractivity contribution >= 4 is 17.5 Å². The zero-order chi connectivity index (χ0) is 17.1. The fraction of sp³-hybridized carbons (Fsp3) is 0.211. The van der Waals surface area contributed by atoms with Gasteiger partial charge in [-0.15, -0.1) is 11.8 Å². The summed E-state index contributed by atoms with van der Waals surface area (Å²) in [6, 6.07) is 13.0. The van der Waals surface area contributed by atoms with E-state index in [1.54, 1.807) is 30.2 Å². The fourth-order valence-corrected chi connectivity index (χ4v) is 3.81. The predicted molar refractivity (Wildman–Crippen MR) is 93.0 cm³/mol. The van der Waals surface area contributed by atoms with E-state index in [2.05, 4.69) is 0 Å². The number of rotatable bonds is 7. The lowest BCUT2D eigenvalue weighted by molar-refractivity contribution is 0.0955. The lowest BCUT2D eigenvalue weighted by Gasteiger charge is -2.16. The van der Waals surface area contributed by atoms with Gasteiger partial charge in [-0.3, -0.25) is 4.79 Å². The summed E-state index contributed by atoms with van der Waals surface area (Å²) >= 11 is 1.65. The van der Waals surface area contributed by atoms with Crippen LogP contribution in [0.15, 0.2) is 63.8 Å². The molecular formula is C19H16O5S. The molecule has 0 saturated heterocycles. The van der Waals surface area contributed by atoms with Gasteiger partial charge in [0, 0.05) is 11.7 Å². The monoisotopic (exact) mass is 356 g/mol. The minimum atomic E-state index is -0.0443. The lowest BCUT2D eigenvalue weighted by Crippen LogP contribution is -2.05. The van der Waals surface area contributed by atoms with Gasteiger partial charge < -0.3 is 18.3 Å². The summed E-state index contributed by atoms with van der Waals surface area (Å²) in [6.07, 6.45) is 3.50. The van der Waals surface area contributed by atoms with Gasteiger partial charge in [-0.1, -0.05) is 6.07 Å². The quantitative estimate of drug-likeness (QED) is 0.564. The molecule has 1 atom stereocenters. The second-order valence-corrected chi connectivity index (χ2v) is 6.79. The first-order valence-electron chi connectivity index (χ1n) is 7.90. The summed E-state index contributed by atoms with van der Waals surface area (Å²) < 4.78 is 21.5. The number of Topliss-reactive ketones (excluding diaryl/α,β-unsaturated/α-hetero) is 1. The molecule has 0 amide bonds. The van der Waals surface area contributed by atoms with Crippen LogP contribution in [0.2, 0.25) is 0 Å². The Labute approximate surface area is 148 Å². The molecule has 6 heteroatoms. The minimum Gasteiger partial charge on any atom is -0.468 e. The number of hydrogen-bond acceptors (Lipinski definition) is 6. The number of hydrogen-bond donors (Lipinski definition) is 0. The predicted octanol–water partition coefficient (Wildman–Crippen LogP) is 4.85. The highest BCUT2D eigenvalue weighted by Gasteiger charge is 2.23. The summed E-state index contributed by atoms with van der Waals surface area (Å²) in [7, 11) is 0. The normalized spacial score (nSPS) is 13.8. The molecule has 1 aliphatic heterocycles. The van der Waals surface area contributed by atoms with Crippen LogP contribution in [0.25, 0.3) is 0 Å². The average Bonchev–Trinajstić information content (AvgIpc) is 3.40. The summed E-state index contributed by atoms with van der Waals surface area (Å²) in [4.78, 5) is 12.5. The third-order valence-electron chi connectivity index (χ3n) is 3.94. The van der Waals surface area contributed by atoms with E-state index in [0.29, 0.717) is 23.7 Å². The molecule has 0 spiro atoms. The van der Waals surface area contributed by atoms with Crippen molar-refractivity contribution < 1.29 is 23.1 Å². The standard InChI is InChI=1S/C19H16O5S/c20-15(16-4-2-8-22-16)10-19(25-11-14-3-1-7-21-14)13-5-6-17-18(9-13)24-12-23-17/h1-9,19H,10-12H2/t19-/m1/s1. The molecule has 2 aromatic heterocycles. The second kappa shape index (κ2) is 7.11. The van der Waals surface area contributed by atoms with Crippen molar-refractivity contribution in [2.24, 2.45) is 0 Å². The number of carbonyl (C=O) groups excluding carboxylic acids is 1. The first kappa shape index (κ1) is 15.9. The van der Waals surface area contributed by atoms with Gasteiger partial charge in [-0.2, -0.15) is 0 Å². The highest BCUT2D eigenvalue weighted by atomic mass is 32.2. The van der Waals surface area contributed by atoms with Crippen molar-refractivity contribution in [1.82, 2.24) is 0 Å². The van der Waals surface area contributed by atoms with Gasteiger partial charge in [0.05, 0.1) is 18.3 Å². The van der Waals surface area contributed by atoms with Crippen LogP contribution in [0, 0.1) is 0 Å². The van der Waals surface area contributed by atoms with Crippen molar-refractivity contribution in [2.75, 3.05) is 6.79 Å². The van der Waals surface area contributed by atoms with Crippen molar-refractivity contribution in [1.29, 1.82) is 0 Å². The summed E-state index contributed by atoms with van der Waals surface area (Å²) in [6.45, 7) is 0.230. The number of ketones is 1. The molecule has 0 saturated carbocycles. The van der Waals surface area contributed by atoms with E-state index in [-0.39, 0.29) is 17.8 Å². The van der Waals surface area contributed by atoms with Crippen LogP contribution in [-0.4, -0.2) is 12.6 Å². The van der Waals surface area contributed by atoms with Crippen LogP contribution in [0.1, 0.15) is 33.5 Å². The van der Waals surface area contributed by atoms with E-state index < -0.39 is 0 Å². The third kappa shape index (κ3) is 3.58. The lowest BCUT2D eigenvalue weighted by atomic mass is 10.1. The van der Waals surface area contributed by atoms with E-state index in [4.69, 9.17) is 18.3 Å². The molecule has 0 N–H and O–H groups in total. The Morgan fingerprint density at radius 2 is 1.88 bits per heavy atom. The van der Waals surface area contributed by atoms with Crippen molar-refractivity contribution in [3.63, 3.8) is 0 Å². The molecule has 0 fully saturated rings. The van der Waals surface area contributed by atoms with Crippen molar-refractivity contribution in [3.05, 3.63) is 72.1 Å². The Balaban J connectivity index is 1.55. The van der Waals surface area contributed by atoms with Crippen LogP contribution < -0.4 is 9.47 Å². The molecule has 3 heterocycles. The van der Waals surface area contributed by atoms with E-state index in [1.165, 1.54) is 6.26 Å². The Kier molecular flexibility index (Phi) is 4.52. The Hall–Kier alpha value is -2.60. The average molecular weight is 356 g/mol. The Bertz CT molecular complexity index is 839. The van der Waals surface area contributed by atoms with Crippen molar-refractivity contribution in [2.45, 2.75) is 17.4 Å². The molecular weight excluding hydrogens is 340 g/mol. The molecule has 1 aliphatic rings. The maximum absolute atomic E-state index is 12.5. The van der Waals surface area contributed by atoms with E-state index in [0.717, 1.165) is 17.1 Å². The first-order valence-corrected chi connectivity index (χ1v) is 8.95. The summed E-state index contributed by atoms with van der Waals surface area (Å²) in [5.74, 6) is 3.35. The zero-order valence-corrected chi connectivity index (χ0v) is 14.2. The molecule has 0 bridgehead atoms. The van der Waals surface area contributed by atoms with Gasteiger partial charge in [0.25, 0.3) is 0 Å². The smallest absolute Gasteiger partial charge is 0.231 e. The topological polar surface area (TPSA) is 61.8 Å². The number of thioether (sulfide) groups is 1. The largest absolute Gasteiger partial charge is 0.468 e. The number of fused-ring (bicyclic) bond motifs is 1. The SMILES string of the molecule is O=C(C[C@@H](SCc1ccco1)c1ccc2c(c1)OCO2)c1ccco1. The fourth-order valence-electron chi connectivity index (χ4n) is 2.67. The zero-order valence-electron chi connectivity index (χ0n) is 13.3. The van der Waals surface area contributed by atoms with Gasteiger partial charge in [0.2, 0.25) is 6.79 Å². The second-order valence-electron chi connectivity index (χ2n) is 5.60. The molecule has 0 aliphatic carbocycles. The molecule has 0 unspecified atom stereocenters. The highest BCUT2D eigenvalue weighted by molar-refractivity contribution is 7.98. The van der Waals surface area contributed by atoms with Crippen LogP contribution in [0.5, 0.6) is 11.5 Å². The van der Waals surface area contributed by atoms with Crippen LogP contribution in [0.4, 0.5) is 0 Å². The highest BCUT2D eigenvalue weighted by Crippen LogP contribution is 2.41. The maximum atomic E-state index is 12.5. The minimum absolute atomic E-state index is 0.0281. The number of benzene rings is 1. The van der Waals surface area contributed by atoms with Gasteiger partial charge in [-0.05, 0) is 42.0 Å². The van der Waals surface area contributed by atoms with Crippen LogP contribution in [-0.2, 0) is 5.75 Å². The Morgan fingerprint density at radius 1 is 1.04 bits per heavy atom.